The highest BCUT2D eigenvalue weighted by molar-refractivity contribution is 5.99. The molecule has 1 aromatic rings. The normalized spacial score (nSPS) is 11.5. The van der Waals surface area contributed by atoms with E-state index in [1.807, 2.05) is 31.2 Å². The Labute approximate surface area is 146 Å². The van der Waals surface area contributed by atoms with Crippen molar-refractivity contribution in [2.24, 2.45) is 5.10 Å². The fourth-order valence-corrected chi connectivity index (χ4v) is 2.59. The molecule has 4 heteroatoms. The molecule has 0 saturated carbocycles. The van der Waals surface area contributed by atoms with Crippen LogP contribution in [0.1, 0.15) is 83.6 Å². The summed E-state index contributed by atoms with van der Waals surface area (Å²) >= 11 is 0. The van der Waals surface area contributed by atoms with Crippen LogP contribution in [-0.4, -0.2) is 11.6 Å². The zero-order valence-corrected chi connectivity index (χ0v) is 15.3. The van der Waals surface area contributed by atoms with Crippen molar-refractivity contribution in [2.75, 3.05) is 5.73 Å². The molecule has 1 rings (SSSR count). The molecular weight excluding hydrogens is 298 g/mol. The van der Waals surface area contributed by atoms with Crippen LogP contribution in [-0.2, 0) is 4.79 Å². The van der Waals surface area contributed by atoms with Crippen LogP contribution in [0.25, 0.3) is 0 Å². The van der Waals surface area contributed by atoms with E-state index in [0.717, 1.165) is 29.8 Å². The number of hydrogen-bond acceptors (Lipinski definition) is 3. The van der Waals surface area contributed by atoms with E-state index in [1.54, 1.807) is 0 Å². The molecule has 0 bridgehead atoms. The maximum absolute atomic E-state index is 11.8. The molecule has 24 heavy (non-hydrogen) atoms. The fraction of sp³-hybridized carbons (Fsp3) is 0.600. The lowest BCUT2D eigenvalue weighted by Gasteiger charge is -2.04. The molecule has 0 aliphatic carbocycles. The minimum absolute atomic E-state index is 0.00672. The molecule has 1 aromatic carbocycles. The predicted octanol–water partition coefficient (Wildman–Crippen LogP) is 5.03. The van der Waals surface area contributed by atoms with Crippen molar-refractivity contribution in [1.29, 1.82) is 0 Å². The second kappa shape index (κ2) is 12.6. The number of rotatable bonds is 12. The number of nitrogens with one attached hydrogen (secondary N) is 1. The number of hydrazone groups is 1. The van der Waals surface area contributed by atoms with E-state index in [0.29, 0.717) is 6.42 Å². The quantitative estimate of drug-likeness (QED) is 0.244. The number of benzene rings is 1. The second-order valence-electron chi connectivity index (χ2n) is 6.43. The van der Waals surface area contributed by atoms with Gasteiger partial charge in [0.2, 0.25) is 5.91 Å². The van der Waals surface area contributed by atoms with E-state index in [4.69, 9.17) is 5.73 Å². The summed E-state index contributed by atoms with van der Waals surface area (Å²) in [6.45, 7) is 4.12. The predicted molar refractivity (Wildman–Crippen MR) is 103 cm³/mol. The van der Waals surface area contributed by atoms with Crippen molar-refractivity contribution in [3.8, 4) is 0 Å². The van der Waals surface area contributed by atoms with Crippen LogP contribution >= 0.6 is 0 Å². The Bertz CT molecular complexity index is 494. The van der Waals surface area contributed by atoms with E-state index in [1.165, 1.54) is 44.9 Å². The Morgan fingerprint density at radius 3 is 2.08 bits per heavy atom. The summed E-state index contributed by atoms with van der Waals surface area (Å²) in [7, 11) is 0. The van der Waals surface area contributed by atoms with Crippen molar-refractivity contribution in [1.82, 2.24) is 5.43 Å². The van der Waals surface area contributed by atoms with Gasteiger partial charge in [0.05, 0.1) is 5.71 Å². The third-order valence-electron chi connectivity index (χ3n) is 4.18. The average molecular weight is 332 g/mol. The van der Waals surface area contributed by atoms with Gasteiger partial charge in [-0.3, -0.25) is 4.79 Å². The number of anilines is 1. The van der Waals surface area contributed by atoms with Gasteiger partial charge in [0.25, 0.3) is 0 Å². The Hall–Kier alpha value is -1.84. The van der Waals surface area contributed by atoms with E-state index in [-0.39, 0.29) is 5.91 Å². The zero-order chi connectivity index (χ0) is 17.6. The van der Waals surface area contributed by atoms with Crippen LogP contribution in [0.4, 0.5) is 5.69 Å². The standard InChI is InChI=1S/C20H33N3O/c1-3-4-5-6-7-8-9-10-11-12-20(24)23-22-17(2)18-13-15-19(21)16-14-18/h13-16H,3-12,21H2,1-2H3,(H,23,24). The lowest BCUT2D eigenvalue weighted by Crippen LogP contribution is -2.18. The number of unbranched alkanes of at least 4 members (excludes halogenated alkanes) is 8. The van der Waals surface area contributed by atoms with Crippen molar-refractivity contribution < 1.29 is 4.79 Å². The molecule has 0 saturated heterocycles. The molecule has 0 atom stereocenters. The van der Waals surface area contributed by atoms with Gasteiger partial charge in [-0.05, 0) is 31.0 Å². The van der Waals surface area contributed by atoms with Gasteiger partial charge in [0.15, 0.2) is 0 Å². The summed E-state index contributed by atoms with van der Waals surface area (Å²) in [5, 5.41) is 4.16. The van der Waals surface area contributed by atoms with Crippen molar-refractivity contribution in [3.63, 3.8) is 0 Å². The highest BCUT2D eigenvalue weighted by Crippen LogP contribution is 2.10. The largest absolute Gasteiger partial charge is 0.399 e. The van der Waals surface area contributed by atoms with Gasteiger partial charge in [0, 0.05) is 12.1 Å². The Kier molecular flexibility index (Phi) is 10.6. The molecule has 4 nitrogen and oxygen atoms in total. The van der Waals surface area contributed by atoms with Crippen molar-refractivity contribution in [3.05, 3.63) is 29.8 Å². The van der Waals surface area contributed by atoms with Crippen LogP contribution in [0.5, 0.6) is 0 Å². The summed E-state index contributed by atoms with van der Waals surface area (Å²) < 4.78 is 0. The van der Waals surface area contributed by atoms with Gasteiger partial charge >= 0.3 is 0 Å². The molecule has 1 amide bonds. The van der Waals surface area contributed by atoms with Gasteiger partial charge in [0.1, 0.15) is 0 Å². The summed E-state index contributed by atoms with van der Waals surface area (Å²) in [6.07, 6.45) is 11.8. The Balaban J connectivity index is 2.09. The number of amides is 1. The van der Waals surface area contributed by atoms with Crippen LogP contribution in [0.3, 0.4) is 0 Å². The van der Waals surface area contributed by atoms with Gasteiger partial charge in [-0.2, -0.15) is 5.10 Å². The van der Waals surface area contributed by atoms with Crippen molar-refractivity contribution >= 4 is 17.3 Å². The Morgan fingerprint density at radius 2 is 1.50 bits per heavy atom. The highest BCUT2D eigenvalue weighted by atomic mass is 16.2. The Morgan fingerprint density at radius 1 is 0.958 bits per heavy atom. The van der Waals surface area contributed by atoms with Crippen LogP contribution in [0.2, 0.25) is 0 Å². The summed E-state index contributed by atoms with van der Waals surface area (Å²) in [4.78, 5) is 11.8. The molecule has 0 unspecified atom stereocenters. The number of carbonyl (C=O) groups excluding carboxylic acids is 1. The molecule has 0 aromatic heterocycles. The van der Waals surface area contributed by atoms with Crippen LogP contribution in [0, 0.1) is 0 Å². The molecule has 0 aliphatic heterocycles. The molecule has 0 spiro atoms. The summed E-state index contributed by atoms with van der Waals surface area (Å²) in [5.41, 5.74) is 10.8. The lowest BCUT2D eigenvalue weighted by molar-refractivity contribution is -0.121. The maximum Gasteiger partial charge on any atom is 0.240 e. The fourth-order valence-electron chi connectivity index (χ4n) is 2.59. The summed E-state index contributed by atoms with van der Waals surface area (Å²) in [5.74, 6) is -0.00672. The topological polar surface area (TPSA) is 67.5 Å². The maximum atomic E-state index is 11.8. The van der Waals surface area contributed by atoms with E-state index < -0.39 is 0 Å². The number of nitrogens with zero attached hydrogens (tertiary/aromatic N) is 1. The molecule has 0 heterocycles. The second-order valence-corrected chi connectivity index (χ2v) is 6.43. The number of nitrogen functional groups attached to an aromatic ring is 1. The molecule has 0 fully saturated rings. The molecular formula is C20H33N3O. The van der Waals surface area contributed by atoms with Gasteiger partial charge in [-0.15, -0.1) is 0 Å². The average Bonchev–Trinajstić information content (AvgIpc) is 2.59. The monoisotopic (exact) mass is 331 g/mol. The lowest BCUT2D eigenvalue weighted by atomic mass is 10.1. The molecule has 3 N–H and O–H groups in total. The first-order valence-electron chi connectivity index (χ1n) is 9.32. The first kappa shape index (κ1) is 20.2. The van der Waals surface area contributed by atoms with Gasteiger partial charge < -0.3 is 5.73 Å². The van der Waals surface area contributed by atoms with E-state index >= 15 is 0 Å². The smallest absolute Gasteiger partial charge is 0.240 e. The minimum Gasteiger partial charge on any atom is -0.399 e. The van der Waals surface area contributed by atoms with Gasteiger partial charge in [-0.25, -0.2) is 5.43 Å². The number of hydrogen-bond donors (Lipinski definition) is 2. The molecule has 0 aliphatic rings. The van der Waals surface area contributed by atoms with Gasteiger partial charge in [-0.1, -0.05) is 70.4 Å². The SMILES string of the molecule is CCCCCCCCCCCC(=O)NN=C(C)c1ccc(N)cc1. The zero-order valence-electron chi connectivity index (χ0n) is 15.3. The van der Waals surface area contributed by atoms with Crippen LogP contribution in [0.15, 0.2) is 29.4 Å². The van der Waals surface area contributed by atoms with E-state index in [9.17, 15) is 4.79 Å². The highest BCUT2D eigenvalue weighted by Gasteiger charge is 2.02. The van der Waals surface area contributed by atoms with Crippen molar-refractivity contribution in [2.45, 2.75) is 78.1 Å². The number of carbonyl (C=O) groups is 1. The first-order valence-corrected chi connectivity index (χ1v) is 9.32. The third-order valence-corrected chi connectivity index (χ3v) is 4.18. The van der Waals surface area contributed by atoms with E-state index in [2.05, 4.69) is 17.5 Å². The molecule has 0 radical (unpaired) electrons. The minimum atomic E-state index is -0.00672. The first-order chi connectivity index (χ1) is 11.6. The van der Waals surface area contributed by atoms with Crippen LogP contribution < -0.4 is 11.2 Å². The molecule has 134 valence electrons. The summed E-state index contributed by atoms with van der Waals surface area (Å²) in [6, 6.07) is 7.47. The number of nitrogens with two attached hydrogens (primary N) is 1. The third kappa shape index (κ3) is 9.33.